The van der Waals surface area contributed by atoms with Gasteiger partial charge >= 0.3 is 5.97 Å². The van der Waals surface area contributed by atoms with Gasteiger partial charge in [-0.2, -0.15) is 0 Å². The summed E-state index contributed by atoms with van der Waals surface area (Å²) in [4.78, 5) is 13.2. The molecule has 0 aromatic heterocycles. The first kappa shape index (κ1) is 27.3. The van der Waals surface area contributed by atoms with E-state index in [0.717, 1.165) is 18.4 Å². The normalized spacial score (nSPS) is 12.6. The summed E-state index contributed by atoms with van der Waals surface area (Å²) >= 11 is 0. The Hall–Kier alpha value is -3.69. The Morgan fingerprint density at radius 2 is 1.13 bits per heavy atom. The molecule has 0 saturated carbocycles. The van der Waals surface area contributed by atoms with Crippen molar-refractivity contribution in [2.24, 2.45) is 5.41 Å². The number of esters is 1. The van der Waals surface area contributed by atoms with Crippen LogP contribution in [0.2, 0.25) is 0 Å². The first-order chi connectivity index (χ1) is 18.5. The minimum atomic E-state index is -0.674. The molecule has 0 radical (unpaired) electrons. The van der Waals surface area contributed by atoms with Crippen molar-refractivity contribution in [3.05, 3.63) is 144 Å². The fraction of sp³-hybridized carbons (Fsp3) is 0.286. The van der Waals surface area contributed by atoms with E-state index in [1.54, 1.807) is 0 Å². The number of hydrogen-bond donors (Lipinski definition) is 1. The molecule has 1 N–H and O–H groups in total. The Morgan fingerprint density at radius 1 is 0.711 bits per heavy atom. The first-order valence-corrected chi connectivity index (χ1v) is 13.6. The van der Waals surface area contributed by atoms with Crippen LogP contribution in [0.25, 0.3) is 0 Å². The van der Waals surface area contributed by atoms with E-state index in [2.05, 4.69) is 108 Å². The van der Waals surface area contributed by atoms with Gasteiger partial charge in [-0.05, 0) is 55.5 Å². The van der Waals surface area contributed by atoms with Crippen LogP contribution in [0, 0.1) is 5.41 Å². The lowest BCUT2D eigenvalue weighted by Gasteiger charge is -2.39. The lowest BCUT2D eigenvalue weighted by molar-refractivity contribution is -0.155. The maximum absolute atomic E-state index is 13.2. The van der Waals surface area contributed by atoms with E-state index in [1.165, 1.54) is 16.7 Å². The third-order valence-electron chi connectivity index (χ3n) is 7.48. The van der Waals surface area contributed by atoms with E-state index in [9.17, 15) is 4.79 Å². The Morgan fingerprint density at radius 3 is 1.55 bits per heavy atom. The van der Waals surface area contributed by atoms with Crippen LogP contribution in [-0.2, 0) is 15.1 Å². The minimum Gasteiger partial charge on any atom is -0.465 e. The third kappa shape index (κ3) is 5.89. The molecule has 0 spiro atoms. The number of nitrogens with one attached hydrogen (secondary N) is 1. The Bertz CT molecular complexity index is 1160. The van der Waals surface area contributed by atoms with Crippen LogP contribution < -0.4 is 5.32 Å². The number of benzene rings is 4. The van der Waals surface area contributed by atoms with Crippen molar-refractivity contribution in [3.8, 4) is 0 Å². The van der Waals surface area contributed by atoms with Crippen LogP contribution in [0.15, 0.2) is 121 Å². The van der Waals surface area contributed by atoms with Gasteiger partial charge in [0.25, 0.3) is 0 Å². The number of hydrogen-bond acceptors (Lipinski definition) is 3. The van der Waals surface area contributed by atoms with E-state index < -0.39 is 11.0 Å². The molecule has 0 heterocycles. The first-order valence-electron chi connectivity index (χ1n) is 13.6. The van der Waals surface area contributed by atoms with Crippen molar-refractivity contribution in [2.45, 2.75) is 45.1 Å². The Balaban J connectivity index is 1.73. The zero-order chi connectivity index (χ0) is 26.8. The monoisotopic (exact) mass is 505 g/mol. The van der Waals surface area contributed by atoms with Gasteiger partial charge in [0.15, 0.2) is 0 Å². The zero-order valence-electron chi connectivity index (χ0n) is 22.8. The standard InChI is InChI=1S/C35H39NO2/c1-4-27-38-33(37)34(2,3)32(28-17-9-5-10-18-28)25-26-36-35(29-19-11-6-12-20-29,30-21-13-7-14-22-30)31-23-15-8-16-24-31/h5-24,32,36H,4,25-27H2,1-3H3. The van der Waals surface area contributed by atoms with Crippen LogP contribution in [0.4, 0.5) is 0 Å². The molecule has 3 heteroatoms. The summed E-state index contributed by atoms with van der Waals surface area (Å²) in [7, 11) is 0. The van der Waals surface area contributed by atoms with Crippen LogP contribution in [0.1, 0.15) is 61.8 Å². The minimum absolute atomic E-state index is 0.0134. The van der Waals surface area contributed by atoms with E-state index in [-0.39, 0.29) is 11.9 Å². The van der Waals surface area contributed by atoms with Gasteiger partial charge in [-0.3, -0.25) is 10.1 Å². The molecule has 0 saturated heterocycles. The highest BCUT2D eigenvalue weighted by Crippen LogP contribution is 2.41. The van der Waals surface area contributed by atoms with E-state index in [4.69, 9.17) is 4.74 Å². The molecule has 196 valence electrons. The van der Waals surface area contributed by atoms with Gasteiger partial charge in [-0.25, -0.2) is 0 Å². The molecular weight excluding hydrogens is 466 g/mol. The molecule has 0 aliphatic heterocycles. The van der Waals surface area contributed by atoms with E-state index in [0.29, 0.717) is 13.2 Å². The largest absolute Gasteiger partial charge is 0.465 e. The second kappa shape index (κ2) is 12.7. The van der Waals surface area contributed by atoms with E-state index >= 15 is 0 Å². The van der Waals surface area contributed by atoms with Crippen molar-refractivity contribution in [2.75, 3.05) is 13.2 Å². The molecule has 1 unspecified atom stereocenters. The molecule has 0 bridgehead atoms. The summed E-state index contributed by atoms with van der Waals surface area (Å²) in [5.41, 5.74) is 3.46. The fourth-order valence-electron chi connectivity index (χ4n) is 5.43. The summed E-state index contributed by atoms with van der Waals surface area (Å²) in [6, 6.07) is 42.2. The summed E-state index contributed by atoms with van der Waals surface area (Å²) in [6.45, 7) is 7.20. The lowest BCUT2D eigenvalue weighted by Crippen LogP contribution is -2.46. The quantitative estimate of drug-likeness (QED) is 0.158. The van der Waals surface area contributed by atoms with Gasteiger partial charge in [0.05, 0.1) is 17.6 Å². The Labute approximate surface area is 227 Å². The molecule has 0 aliphatic carbocycles. The third-order valence-corrected chi connectivity index (χ3v) is 7.48. The molecule has 0 aliphatic rings. The molecule has 4 aromatic carbocycles. The molecule has 4 aromatic rings. The predicted molar refractivity (Wildman–Crippen MR) is 156 cm³/mol. The Kier molecular flexibility index (Phi) is 9.15. The second-order valence-electron chi connectivity index (χ2n) is 10.4. The van der Waals surface area contributed by atoms with Gasteiger partial charge < -0.3 is 4.74 Å². The van der Waals surface area contributed by atoms with Crippen LogP contribution in [0.3, 0.4) is 0 Å². The average molecular weight is 506 g/mol. The highest BCUT2D eigenvalue weighted by Gasteiger charge is 2.40. The molecular formula is C35H39NO2. The number of carbonyl (C=O) groups is 1. The van der Waals surface area contributed by atoms with Gasteiger partial charge in [-0.15, -0.1) is 0 Å². The van der Waals surface area contributed by atoms with Crippen LogP contribution >= 0.6 is 0 Å². The summed E-state index contributed by atoms with van der Waals surface area (Å²) in [5.74, 6) is -0.158. The van der Waals surface area contributed by atoms with Crippen molar-refractivity contribution >= 4 is 5.97 Å². The number of ether oxygens (including phenoxy) is 1. The maximum atomic E-state index is 13.2. The highest BCUT2D eigenvalue weighted by atomic mass is 16.5. The molecule has 4 rings (SSSR count). The van der Waals surface area contributed by atoms with Crippen molar-refractivity contribution in [1.82, 2.24) is 5.32 Å². The SMILES string of the molecule is CCCOC(=O)C(C)(C)C(CCNC(c1ccccc1)(c1ccccc1)c1ccccc1)c1ccccc1. The van der Waals surface area contributed by atoms with Crippen LogP contribution in [0.5, 0.6) is 0 Å². The molecule has 3 nitrogen and oxygen atoms in total. The van der Waals surface area contributed by atoms with Crippen molar-refractivity contribution in [1.29, 1.82) is 0 Å². The maximum Gasteiger partial charge on any atom is 0.312 e. The lowest BCUT2D eigenvalue weighted by atomic mass is 9.72. The summed E-state index contributed by atoms with van der Waals surface area (Å²) in [5, 5.41) is 3.98. The van der Waals surface area contributed by atoms with Crippen LogP contribution in [-0.4, -0.2) is 19.1 Å². The highest BCUT2D eigenvalue weighted by molar-refractivity contribution is 5.77. The van der Waals surface area contributed by atoms with Gasteiger partial charge in [-0.1, -0.05) is 128 Å². The smallest absolute Gasteiger partial charge is 0.312 e. The second-order valence-corrected chi connectivity index (χ2v) is 10.4. The number of carbonyl (C=O) groups excluding carboxylic acids is 1. The molecule has 38 heavy (non-hydrogen) atoms. The average Bonchev–Trinajstić information content (AvgIpc) is 2.98. The summed E-state index contributed by atoms with van der Waals surface area (Å²) < 4.78 is 5.65. The van der Waals surface area contributed by atoms with Crippen molar-refractivity contribution in [3.63, 3.8) is 0 Å². The van der Waals surface area contributed by atoms with Gasteiger partial charge in [0.1, 0.15) is 0 Å². The molecule has 1 atom stereocenters. The zero-order valence-corrected chi connectivity index (χ0v) is 22.8. The number of rotatable bonds is 12. The summed E-state index contributed by atoms with van der Waals surface area (Å²) in [6.07, 6.45) is 1.58. The predicted octanol–water partition coefficient (Wildman–Crippen LogP) is 7.72. The van der Waals surface area contributed by atoms with Gasteiger partial charge in [0, 0.05) is 5.92 Å². The molecule has 0 fully saturated rings. The topological polar surface area (TPSA) is 38.3 Å². The fourth-order valence-corrected chi connectivity index (χ4v) is 5.43. The van der Waals surface area contributed by atoms with Crippen molar-refractivity contribution < 1.29 is 9.53 Å². The van der Waals surface area contributed by atoms with E-state index in [1.807, 2.05) is 39.0 Å². The van der Waals surface area contributed by atoms with Gasteiger partial charge in [0.2, 0.25) is 0 Å². The molecule has 0 amide bonds.